The van der Waals surface area contributed by atoms with Gasteiger partial charge in [0, 0.05) is 39.8 Å². The quantitative estimate of drug-likeness (QED) is 0.303. The summed E-state index contributed by atoms with van der Waals surface area (Å²) in [4.78, 5) is 6.76. The molecule has 0 amide bonds. The molecule has 2 unspecified atom stereocenters. The lowest BCUT2D eigenvalue weighted by molar-refractivity contribution is -0.0679. The number of ether oxygens (including phenoxy) is 1. The summed E-state index contributed by atoms with van der Waals surface area (Å²) in [5.74, 6) is 1.82. The molecule has 1 aliphatic heterocycles. The van der Waals surface area contributed by atoms with E-state index in [0.717, 1.165) is 51.0 Å². The molecule has 21 heavy (non-hydrogen) atoms. The van der Waals surface area contributed by atoms with E-state index >= 15 is 0 Å². The Balaban J connectivity index is 0.00000220. The van der Waals surface area contributed by atoms with Gasteiger partial charge in [-0.3, -0.25) is 9.89 Å². The van der Waals surface area contributed by atoms with Crippen molar-refractivity contribution in [3.63, 3.8) is 0 Å². The number of morpholine rings is 1. The van der Waals surface area contributed by atoms with Gasteiger partial charge in [-0.15, -0.1) is 24.0 Å². The molecule has 0 spiro atoms. The number of guanidine groups is 1. The predicted octanol–water partition coefficient (Wildman–Crippen LogP) is 1.68. The molecule has 0 aromatic heterocycles. The standard InChI is InChI=1S/C15H30N4O.HI/c1-12-10-19(11-13(2)20-12)8-4-7-17-15(16-3)18-9-14-5-6-14;/h12-14H,4-11H2,1-3H3,(H2,16,17,18);1H. The Morgan fingerprint density at radius 2 is 1.86 bits per heavy atom. The maximum atomic E-state index is 5.75. The van der Waals surface area contributed by atoms with Crippen LogP contribution in [-0.4, -0.2) is 62.8 Å². The molecule has 0 aromatic carbocycles. The fourth-order valence-corrected chi connectivity index (χ4v) is 2.76. The highest BCUT2D eigenvalue weighted by molar-refractivity contribution is 14.0. The van der Waals surface area contributed by atoms with Crippen LogP contribution in [0.1, 0.15) is 33.1 Å². The Labute approximate surface area is 146 Å². The van der Waals surface area contributed by atoms with Gasteiger partial charge in [0.05, 0.1) is 12.2 Å². The minimum atomic E-state index is 0. The van der Waals surface area contributed by atoms with E-state index in [1.165, 1.54) is 12.8 Å². The Morgan fingerprint density at radius 3 is 2.43 bits per heavy atom. The van der Waals surface area contributed by atoms with Crippen molar-refractivity contribution in [3.8, 4) is 0 Å². The third-order valence-corrected chi connectivity index (χ3v) is 3.92. The van der Waals surface area contributed by atoms with Crippen LogP contribution in [0.5, 0.6) is 0 Å². The summed E-state index contributed by atoms with van der Waals surface area (Å²) >= 11 is 0. The summed E-state index contributed by atoms with van der Waals surface area (Å²) in [7, 11) is 1.84. The second-order valence-corrected chi connectivity index (χ2v) is 6.19. The monoisotopic (exact) mass is 410 g/mol. The molecule has 1 aliphatic carbocycles. The van der Waals surface area contributed by atoms with Crippen molar-refractivity contribution in [2.45, 2.75) is 45.3 Å². The van der Waals surface area contributed by atoms with Crippen LogP contribution < -0.4 is 10.6 Å². The van der Waals surface area contributed by atoms with Crippen molar-refractivity contribution in [1.82, 2.24) is 15.5 Å². The second-order valence-electron chi connectivity index (χ2n) is 6.19. The first kappa shape index (κ1) is 19.0. The molecule has 0 bridgehead atoms. The molecule has 0 aromatic rings. The van der Waals surface area contributed by atoms with Crippen LogP contribution in [0.2, 0.25) is 0 Å². The highest BCUT2D eigenvalue weighted by Crippen LogP contribution is 2.27. The zero-order chi connectivity index (χ0) is 14.4. The van der Waals surface area contributed by atoms with Crippen molar-refractivity contribution >= 4 is 29.9 Å². The SMILES string of the molecule is CN=C(NCCCN1CC(C)OC(C)C1)NCC1CC1.I. The van der Waals surface area contributed by atoms with Crippen LogP contribution in [-0.2, 0) is 4.74 Å². The normalized spacial score (nSPS) is 27.1. The number of nitrogens with one attached hydrogen (secondary N) is 2. The largest absolute Gasteiger partial charge is 0.373 e. The minimum absolute atomic E-state index is 0. The van der Waals surface area contributed by atoms with Gasteiger partial charge in [0.1, 0.15) is 0 Å². The van der Waals surface area contributed by atoms with E-state index in [2.05, 4.69) is 34.4 Å². The van der Waals surface area contributed by atoms with Gasteiger partial charge < -0.3 is 15.4 Å². The van der Waals surface area contributed by atoms with Gasteiger partial charge in [-0.05, 0) is 39.0 Å². The lowest BCUT2D eigenvalue weighted by Crippen LogP contribution is -2.46. The summed E-state index contributed by atoms with van der Waals surface area (Å²) in [6, 6.07) is 0. The summed E-state index contributed by atoms with van der Waals surface area (Å²) in [5, 5.41) is 6.78. The van der Waals surface area contributed by atoms with E-state index < -0.39 is 0 Å². The van der Waals surface area contributed by atoms with E-state index in [-0.39, 0.29) is 24.0 Å². The average molecular weight is 410 g/mol. The number of hydrogen-bond donors (Lipinski definition) is 2. The Kier molecular flexibility index (Phi) is 8.89. The van der Waals surface area contributed by atoms with E-state index in [0.29, 0.717) is 12.2 Å². The maximum absolute atomic E-state index is 5.75. The fraction of sp³-hybridized carbons (Fsp3) is 0.933. The maximum Gasteiger partial charge on any atom is 0.190 e. The van der Waals surface area contributed by atoms with E-state index in [4.69, 9.17) is 4.74 Å². The van der Waals surface area contributed by atoms with Crippen LogP contribution in [0.4, 0.5) is 0 Å². The molecule has 1 saturated heterocycles. The Morgan fingerprint density at radius 1 is 1.19 bits per heavy atom. The molecule has 1 saturated carbocycles. The molecule has 2 fully saturated rings. The van der Waals surface area contributed by atoms with E-state index in [1.807, 2.05) is 7.05 Å². The molecule has 5 nitrogen and oxygen atoms in total. The molecule has 124 valence electrons. The van der Waals surface area contributed by atoms with Gasteiger partial charge in [0.25, 0.3) is 0 Å². The van der Waals surface area contributed by atoms with E-state index in [1.54, 1.807) is 0 Å². The van der Waals surface area contributed by atoms with Crippen molar-refractivity contribution < 1.29 is 4.74 Å². The van der Waals surface area contributed by atoms with Crippen LogP contribution in [0, 0.1) is 5.92 Å². The van der Waals surface area contributed by atoms with Gasteiger partial charge in [-0.25, -0.2) is 0 Å². The van der Waals surface area contributed by atoms with Gasteiger partial charge in [-0.2, -0.15) is 0 Å². The molecule has 2 atom stereocenters. The minimum Gasteiger partial charge on any atom is -0.373 e. The smallest absolute Gasteiger partial charge is 0.190 e. The first-order valence-electron chi connectivity index (χ1n) is 7.99. The first-order valence-corrected chi connectivity index (χ1v) is 7.99. The fourth-order valence-electron chi connectivity index (χ4n) is 2.76. The van der Waals surface area contributed by atoms with Crippen LogP contribution in [0.3, 0.4) is 0 Å². The highest BCUT2D eigenvalue weighted by Gasteiger charge is 2.22. The molecule has 2 aliphatic rings. The summed E-state index contributed by atoms with van der Waals surface area (Å²) in [6.45, 7) is 9.60. The second kappa shape index (κ2) is 9.84. The summed E-state index contributed by atoms with van der Waals surface area (Å²) < 4.78 is 5.75. The molecule has 6 heteroatoms. The van der Waals surface area contributed by atoms with Crippen LogP contribution in [0.15, 0.2) is 4.99 Å². The molecule has 0 radical (unpaired) electrons. The summed E-state index contributed by atoms with van der Waals surface area (Å²) in [5.41, 5.74) is 0. The summed E-state index contributed by atoms with van der Waals surface area (Å²) in [6.07, 6.45) is 4.61. The third-order valence-electron chi connectivity index (χ3n) is 3.92. The van der Waals surface area contributed by atoms with Gasteiger partial charge in [0.2, 0.25) is 0 Å². The van der Waals surface area contributed by atoms with Gasteiger partial charge in [0.15, 0.2) is 5.96 Å². The zero-order valence-electron chi connectivity index (χ0n) is 13.6. The number of halogens is 1. The molecular formula is C15H31IN4O. The van der Waals surface area contributed by atoms with E-state index in [9.17, 15) is 0 Å². The highest BCUT2D eigenvalue weighted by atomic mass is 127. The zero-order valence-corrected chi connectivity index (χ0v) is 15.9. The topological polar surface area (TPSA) is 48.9 Å². The number of aliphatic imine (C=N–C) groups is 1. The van der Waals surface area contributed by atoms with Crippen LogP contribution >= 0.6 is 24.0 Å². The van der Waals surface area contributed by atoms with Crippen molar-refractivity contribution in [3.05, 3.63) is 0 Å². The molecule has 1 heterocycles. The van der Waals surface area contributed by atoms with Crippen molar-refractivity contribution in [1.29, 1.82) is 0 Å². The number of rotatable bonds is 6. The lowest BCUT2D eigenvalue weighted by Gasteiger charge is -2.35. The third kappa shape index (κ3) is 7.65. The van der Waals surface area contributed by atoms with Crippen molar-refractivity contribution in [2.75, 3.05) is 39.8 Å². The average Bonchev–Trinajstić information content (AvgIpc) is 3.21. The lowest BCUT2D eigenvalue weighted by atomic mass is 10.2. The molecule has 2 rings (SSSR count). The van der Waals surface area contributed by atoms with Gasteiger partial charge in [-0.1, -0.05) is 0 Å². The number of hydrogen-bond acceptors (Lipinski definition) is 3. The molecule has 2 N–H and O–H groups in total. The van der Waals surface area contributed by atoms with Gasteiger partial charge >= 0.3 is 0 Å². The first-order chi connectivity index (χ1) is 9.67. The molecular weight excluding hydrogens is 379 g/mol. The Hall–Kier alpha value is -0.0800. The van der Waals surface area contributed by atoms with Crippen LogP contribution in [0.25, 0.3) is 0 Å². The predicted molar refractivity (Wildman–Crippen MR) is 98.6 cm³/mol. The Bertz CT molecular complexity index is 313. The number of nitrogens with zero attached hydrogens (tertiary/aromatic N) is 2. The van der Waals surface area contributed by atoms with Crippen molar-refractivity contribution in [2.24, 2.45) is 10.9 Å².